The molecule has 4 aromatic rings. The van der Waals surface area contributed by atoms with Gasteiger partial charge >= 0.3 is 0 Å². The van der Waals surface area contributed by atoms with Gasteiger partial charge in [0.05, 0.1) is 29.8 Å². The molecule has 0 spiro atoms. The van der Waals surface area contributed by atoms with Gasteiger partial charge in [-0.3, -0.25) is 18.6 Å². The van der Waals surface area contributed by atoms with Gasteiger partial charge in [0.15, 0.2) is 5.16 Å². The quantitative estimate of drug-likeness (QED) is 0.380. The molecule has 9 heteroatoms. The maximum atomic E-state index is 13.5. The van der Waals surface area contributed by atoms with E-state index in [0.717, 1.165) is 37.0 Å². The first-order chi connectivity index (χ1) is 17.1. The second kappa shape index (κ2) is 10.1. The first-order valence-corrected chi connectivity index (χ1v) is 12.9. The molecule has 0 N–H and O–H groups in total. The smallest absolute Gasteiger partial charge is 0.263 e. The van der Waals surface area contributed by atoms with Crippen molar-refractivity contribution in [1.29, 1.82) is 0 Å². The van der Waals surface area contributed by atoms with Crippen LogP contribution >= 0.6 is 11.8 Å². The third-order valence-electron chi connectivity index (χ3n) is 6.55. The van der Waals surface area contributed by atoms with E-state index in [0.29, 0.717) is 28.6 Å². The lowest BCUT2D eigenvalue weighted by Crippen LogP contribution is -2.37. The first kappa shape index (κ1) is 23.4. The zero-order chi connectivity index (χ0) is 24.4. The van der Waals surface area contributed by atoms with Crippen LogP contribution in [0.25, 0.3) is 16.7 Å². The van der Waals surface area contributed by atoms with Crippen molar-refractivity contribution in [1.82, 2.24) is 24.1 Å². The highest BCUT2D eigenvalue weighted by atomic mass is 32.2. The zero-order valence-electron chi connectivity index (χ0n) is 20.0. The van der Waals surface area contributed by atoms with Crippen LogP contribution in [0.2, 0.25) is 0 Å². The minimum Gasteiger partial charge on any atom is -0.496 e. The van der Waals surface area contributed by atoms with Gasteiger partial charge < -0.3 is 9.64 Å². The van der Waals surface area contributed by atoms with E-state index in [1.165, 1.54) is 24.6 Å². The average Bonchev–Trinajstić information content (AvgIpc) is 3.10. The van der Waals surface area contributed by atoms with Gasteiger partial charge in [-0.05, 0) is 38.0 Å². The highest BCUT2D eigenvalue weighted by Gasteiger charge is 2.25. The average molecular weight is 492 g/mol. The van der Waals surface area contributed by atoms with E-state index in [1.54, 1.807) is 11.7 Å². The zero-order valence-corrected chi connectivity index (χ0v) is 20.8. The number of hydrogen-bond acceptors (Lipinski definition) is 6. The predicted octanol–water partition coefficient (Wildman–Crippen LogP) is 3.98. The van der Waals surface area contributed by atoms with E-state index in [2.05, 4.69) is 10.2 Å². The Bertz CT molecular complexity index is 1420. The molecule has 1 aliphatic heterocycles. The predicted molar refractivity (Wildman–Crippen MR) is 137 cm³/mol. The normalized spacial score (nSPS) is 15.3. The van der Waals surface area contributed by atoms with Gasteiger partial charge in [0, 0.05) is 18.7 Å². The van der Waals surface area contributed by atoms with E-state index in [1.807, 2.05) is 64.8 Å². The number of rotatable bonds is 6. The first-order valence-electron chi connectivity index (χ1n) is 12.0. The van der Waals surface area contributed by atoms with Crippen LogP contribution in [0.3, 0.4) is 0 Å². The molecule has 0 radical (unpaired) electrons. The van der Waals surface area contributed by atoms with Crippen molar-refractivity contribution in [2.24, 2.45) is 0 Å². The van der Waals surface area contributed by atoms with Crippen molar-refractivity contribution >= 4 is 34.3 Å². The number of likely N-dealkylation sites (tertiary alicyclic amines) is 1. The molecule has 1 fully saturated rings. The lowest BCUT2D eigenvalue weighted by molar-refractivity contribution is -0.130. The number of carbonyl (C=O) groups excluding carboxylic acids is 1. The highest BCUT2D eigenvalue weighted by Crippen LogP contribution is 2.27. The van der Waals surface area contributed by atoms with Crippen LogP contribution in [0.4, 0.5) is 0 Å². The van der Waals surface area contributed by atoms with Gasteiger partial charge in [-0.2, -0.15) is 0 Å². The summed E-state index contributed by atoms with van der Waals surface area (Å²) in [6.07, 6.45) is 4.46. The molecule has 8 nitrogen and oxygen atoms in total. The summed E-state index contributed by atoms with van der Waals surface area (Å²) in [4.78, 5) is 28.7. The number of amides is 1. The molecular weight excluding hydrogens is 462 g/mol. The van der Waals surface area contributed by atoms with Gasteiger partial charge in [-0.25, -0.2) is 0 Å². The lowest BCUT2D eigenvalue weighted by atomic mass is 10.2. The van der Waals surface area contributed by atoms with Crippen LogP contribution in [0.15, 0.2) is 58.5 Å². The largest absolute Gasteiger partial charge is 0.496 e. The molecular formula is C26H29N5O3S. The number of hydrogen-bond donors (Lipinski definition) is 0. The van der Waals surface area contributed by atoms with Crippen LogP contribution in [0.1, 0.15) is 38.2 Å². The molecule has 1 unspecified atom stereocenters. The third kappa shape index (κ3) is 4.52. The van der Waals surface area contributed by atoms with Gasteiger partial charge in [0.25, 0.3) is 5.56 Å². The van der Waals surface area contributed by atoms with Crippen molar-refractivity contribution in [2.75, 3.05) is 20.2 Å². The van der Waals surface area contributed by atoms with Crippen LogP contribution in [-0.4, -0.2) is 55.4 Å². The summed E-state index contributed by atoms with van der Waals surface area (Å²) in [6, 6.07) is 15.1. The molecule has 1 saturated heterocycles. The summed E-state index contributed by atoms with van der Waals surface area (Å²) >= 11 is 1.39. The fraction of sp³-hybridized carbons (Fsp3) is 0.385. The summed E-state index contributed by atoms with van der Waals surface area (Å²) in [5.74, 6) is 1.27. The number of carbonyl (C=O) groups is 1. The molecule has 3 heterocycles. The Morgan fingerprint density at radius 2 is 1.74 bits per heavy atom. The fourth-order valence-electron chi connectivity index (χ4n) is 4.71. The number of fused-ring (bicyclic) bond motifs is 3. The minimum atomic E-state index is -0.311. The van der Waals surface area contributed by atoms with Gasteiger partial charge in [0.1, 0.15) is 5.75 Å². The van der Waals surface area contributed by atoms with Gasteiger partial charge in [-0.1, -0.05) is 54.9 Å². The van der Waals surface area contributed by atoms with Crippen molar-refractivity contribution < 1.29 is 9.53 Å². The Hall–Kier alpha value is -3.33. The molecule has 5 rings (SSSR count). The summed E-state index contributed by atoms with van der Waals surface area (Å²) in [5.41, 5.74) is 1.46. The number of nitrogens with zero attached hydrogens (tertiary/aromatic N) is 5. The SMILES string of the molecule is COc1ccccc1Cn1c(=O)c2ccccc2n2c(SC(C)C(=O)N3CCCCCC3)nnc12. The molecule has 1 atom stereocenters. The number of aromatic nitrogens is 4. The number of ether oxygens (including phenoxy) is 1. The Kier molecular flexibility index (Phi) is 6.77. The molecule has 0 aliphatic carbocycles. The number of methoxy groups -OCH3 is 1. The van der Waals surface area contributed by atoms with Crippen LogP contribution in [0, 0.1) is 0 Å². The summed E-state index contributed by atoms with van der Waals surface area (Å²) < 4.78 is 9.02. The standard InChI is InChI=1S/C26H29N5O3S/c1-18(23(32)29-15-9-3-4-10-16-29)35-26-28-27-25-30(17-19-11-5-8-14-22(19)34-2)24(33)20-12-6-7-13-21(20)31(25)26/h5-8,11-14,18H,3-4,9-10,15-17H2,1-2H3. The highest BCUT2D eigenvalue weighted by molar-refractivity contribution is 8.00. The maximum Gasteiger partial charge on any atom is 0.263 e. The number of benzene rings is 2. The fourth-order valence-corrected chi connectivity index (χ4v) is 5.65. The van der Waals surface area contributed by atoms with Gasteiger partial charge in [0.2, 0.25) is 11.7 Å². The van der Waals surface area contributed by atoms with Crippen molar-refractivity contribution in [2.45, 2.75) is 49.6 Å². The van der Waals surface area contributed by atoms with Crippen molar-refractivity contribution in [3.8, 4) is 5.75 Å². The number of thioether (sulfide) groups is 1. The van der Waals surface area contributed by atoms with Crippen molar-refractivity contribution in [3.05, 3.63) is 64.4 Å². The molecule has 2 aromatic heterocycles. The maximum absolute atomic E-state index is 13.5. The third-order valence-corrected chi connectivity index (χ3v) is 7.58. The van der Waals surface area contributed by atoms with E-state index in [4.69, 9.17) is 4.74 Å². The monoisotopic (exact) mass is 491 g/mol. The van der Waals surface area contributed by atoms with E-state index in [-0.39, 0.29) is 16.7 Å². The summed E-state index contributed by atoms with van der Waals surface area (Å²) in [5, 5.41) is 9.70. The molecule has 0 saturated carbocycles. The van der Waals surface area contributed by atoms with Crippen LogP contribution in [-0.2, 0) is 11.3 Å². The van der Waals surface area contributed by atoms with Gasteiger partial charge in [-0.15, -0.1) is 10.2 Å². The molecule has 1 amide bonds. The summed E-state index contributed by atoms with van der Waals surface area (Å²) in [6.45, 7) is 3.84. The molecule has 2 aromatic carbocycles. The van der Waals surface area contributed by atoms with E-state index in [9.17, 15) is 9.59 Å². The lowest BCUT2D eigenvalue weighted by Gasteiger charge is -2.23. The minimum absolute atomic E-state index is 0.125. The van der Waals surface area contributed by atoms with Crippen molar-refractivity contribution in [3.63, 3.8) is 0 Å². The molecule has 1 aliphatic rings. The second-order valence-corrected chi connectivity index (χ2v) is 10.1. The Balaban J connectivity index is 1.56. The Morgan fingerprint density at radius 1 is 1.03 bits per heavy atom. The van der Waals surface area contributed by atoms with Crippen LogP contribution in [0.5, 0.6) is 5.75 Å². The van der Waals surface area contributed by atoms with E-state index >= 15 is 0 Å². The summed E-state index contributed by atoms with van der Waals surface area (Å²) in [7, 11) is 1.62. The molecule has 35 heavy (non-hydrogen) atoms. The Labute approximate surface area is 207 Å². The Morgan fingerprint density at radius 3 is 2.51 bits per heavy atom. The second-order valence-electron chi connectivity index (χ2n) is 8.84. The van der Waals surface area contributed by atoms with Crippen LogP contribution < -0.4 is 10.3 Å². The number of para-hydroxylation sites is 2. The molecule has 182 valence electrons. The van der Waals surface area contributed by atoms with E-state index < -0.39 is 0 Å². The molecule has 0 bridgehead atoms. The topological polar surface area (TPSA) is 81.7 Å².